The average molecular weight is 248 g/mol. The molecule has 0 radical (unpaired) electrons. The summed E-state index contributed by atoms with van der Waals surface area (Å²) in [5, 5.41) is 14.5. The van der Waals surface area contributed by atoms with Crippen molar-refractivity contribution in [3.05, 3.63) is 36.2 Å². The molecule has 5 heteroatoms. The summed E-state index contributed by atoms with van der Waals surface area (Å²) in [5.41, 5.74) is 1.93. The Kier molecular flexibility index (Phi) is 4.15. The van der Waals surface area contributed by atoms with E-state index in [1.54, 1.807) is 12.5 Å². The van der Waals surface area contributed by atoms with Crippen LogP contribution in [0.3, 0.4) is 0 Å². The zero-order chi connectivity index (χ0) is 13.0. The highest BCUT2D eigenvalue weighted by atomic mass is 16.3. The van der Waals surface area contributed by atoms with Gasteiger partial charge in [0, 0.05) is 25.7 Å². The SMILES string of the molecule is CCCn1cncc1C(O)Cc1cnn(CC)c1. The van der Waals surface area contributed by atoms with Crippen LogP contribution in [0.15, 0.2) is 24.9 Å². The molecule has 0 saturated carbocycles. The van der Waals surface area contributed by atoms with Crippen LogP contribution in [-0.2, 0) is 19.5 Å². The second kappa shape index (κ2) is 5.82. The van der Waals surface area contributed by atoms with E-state index < -0.39 is 6.10 Å². The van der Waals surface area contributed by atoms with Crippen molar-refractivity contribution >= 4 is 0 Å². The van der Waals surface area contributed by atoms with E-state index in [0.717, 1.165) is 30.8 Å². The highest BCUT2D eigenvalue weighted by molar-refractivity contribution is 5.11. The van der Waals surface area contributed by atoms with Crippen molar-refractivity contribution in [2.75, 3.05) is 0 Å². The van der Waals surface area contributed by atoms with E-state index >= 15 is 0 Å². The van der Waals surface area contributed by atoms with E-state index in [0.29, 0.717) is 6.42 Å². The summed E-state index contributed by atoms with van der Waals surface area (Å²) in [5.74, 6) is 0. The van der Waals surface area contributed by atoms with Crippen LogP contribution in [0.2, 0.25) is 0 Å². The minimum atomic E-state index is -0.520. The Morgan fingerprint density at radius 2 is 2.17 bits per heavy atom. The molecule has 1 N–H and O–H groups in total. The number of hydrogen-bond acceptors (Lipinski definition) is 3. The molecule has 18 heavy (non-hydrogen) atoms. The van der Waals surface area contributed by atoms with Crippen LogP contribution in [0.1, 0.15) is 37.6 Å². The number of nitrogens with zero attached hydrogens (tertiary/aromatic N) is 4. The van der Waals surface area contributed by atoms with Crippen molar-refractivity contribution < 1.29 is 5.11 Å². The van der Waals surface area contributed by atoms with Gasteiger partial charge >= 0.3 is 0 Å². The van der Waals surface area contributed by atoms with Gasteiger partial charge in [0.05, 0.1) is 30.5 Å². The number of imidazole rings is 1. The van der Waals surface area contributed by atoms with Gasteiger partial charge in [-0.3, -0.25) is 4.68 Å². The van der Waals surface area contributed by atoms with E-state index in [9.17, 15) is 5.11 Å². The molecule has 2 aromatic rings. The second-order valence-corrected chi connectivity index (χ2v) is 4.44. The quantitative estimate of drug-likeness (QED) is 0.848. The Labute approximate surface area is 107 Å². The lowest BCUT2D eigenvalue weighted by molar-refractivity contribution is 0.168. The van der Waals surface area contributed by atoms with Crippen molar-refractivity contribution in [3.8, 4) is 0 Å². The predicted molar refractivity (Wildman–Crippen MR) is 69.1 cm³/mol. The first-order valence-electron chi connectivity index (χ1n) is 6.44. The van der Waals surface area contributed by atoms with Crippen LogP contribution < -0.4 is 0 Å². The zero-order valence-corrected chi connectivity index (χ0v) is 11.0. The molecule has 0 aliphatic carbocycles. The third-order valence-electron chi connectivity index (χ3n) is 2.99. The Morgan fingerprint density at radius 1 is 1.33 bits per heavy atom. The standard InChI is InChI=1S/C13H20N4O/c1-3-5-16-10-14-8-12(16)13(18)6-11-7-15-17(4-2)9-11/h7-10,13,18H,3-6H2,1-2H3. The fraction of sp³-hybridized carbons (Fsp3) is 0.538. The van der Waals surface area contributed by atoms with Crippen molar-refractivity contribution in [3.63, 3.8) is 0 Å². The number of aromatic nitrogens is 4. The first-order valence-corrected chi connectivity index (χ1v) is 6.44. The van der Waals surface area contributed by atoms with Gasteiger partial charge in [-0.2, -0.15) is 5.10 Å². The Hall–Kier alpha value is -1.62. The van der Waals surface area contributed by atoms with Crippen molar-refractivity contribution in [1.29, 1.82) is 0 Å². The summed E-state index contributed by atoms with van der Waals surface area (Å²) >= 11 is 0. The average Bonchev–Trinajstić information content (AvgIpc) is 2.98. The lowest BCUT2D eigenvalue weighted by Gasteiger charge is -2.12. The molecule has 5 nitrogen and oxygen atoms in total. The maximum atomic E-state index is 10.3. The van der Waals surface area contributed by atoms with E-state index in [4.69, 9.17) is 0 Å². The topological polar surface area (TPSA) is 55.9 Å². The summed E-state index contributed by atoms with van der Waals surface area (Å²) in [7, 11) is 0. The molecule has 0 fully saturated rings. The second-order valence-electron chi connectivity index (χ2n) is 4.44. The minimum absolute atomic E-state index is 0.520. The number of aryl methyl sites for hydroxylation is 2. The van der Waals surface area contributed by atoms with Crippen LogP contribution in [-0.4, -0.2) is 24.4 Å². The lowest BCUT2D eigenvalue weighted by atomic mass is 10.1. The summed E-state index contributed by atoms with van der Waals surface area (Å²) in [4.78, 5) is 4.11. The monoisotopic (exact) mass is 248 g/mol. The van der Waals surface area contributed by atoms with Gasteiger partial charge in [-0.15, -0.1) is 0 Å². The van der Waals surface area contributed by atoms with E-state index in [2.05, 4.69) is 17.0 Å². The number of aliphatic hydroxyl groups excluding tert-OH is 1. The van der Waals surface area contributed by atoms with Gasteiger partial charge in [0.15, 0.2) is 0 Å². The molecule has 0 aliphatic rings. The first-order chi connectivity index (χ1) is 8.74. The molecule has 0 aromatic carbocycles. The number of hydrogen-bond donors (Lipinski definition) is 1. The molecule has 0 aliphatic heterocycles. The largest absolute Gasteiger partial charge is 0.386 e. The van der Waals surface area contributed by atoms with Crippen LogP contribution in [0.4, 0.5) is 0 Å². The van der Waals surface area contributed by atoms with Gasteiger partial charge < -0.3 is 9.67 Å². The highest BCUT2D eigenvalue weighted by Gasteiger charge is 2.14. The summed E-state index contributed by atoms with van der Waals surface area (Å²) < 4.78 is 3.88. The maximum absolute atomic E-state index is 10.3. The van der Waals surface area contributed by atoms with Gasteiger partial charge in [-0.1, -0.05) is 6.92 Å². The molecule has 1 atom stereocenters. The van der Waals surface area contributed by atoms with E-state index in [-0.39, 0.29) is 0 Å². The van der Waals surface area contributed by atoms with Gasteiger partial charge in [0.25, 0.3) is 0 Å². The Balaban J connectivity index is 2.06. The predicted octanol–water partition coefficient (Wildman–Crippen LogP) is 1.79. The van der Waals surface area contributed by atoms with Crippen LogP contribution in [0, 0.1) is 0 Å². The molecular formula is C13H20N4O. The third kappa shape index (κ3) is 2.79. The molecule has 0 bridgehead atoms. The molecule has 2 rings (SSSR count). The van der Waals surface area contributed by atoms with Gasteiger partial charge in [0.2, 0.25) is 0 Å². The molecule has 0 amide bonds. The van der Waals surface area contributed by atoms with Crippen molar-refractivity contribution in [2.45, 2.75) is 45.9 Å². The van der Waals surface area contributed by atoms with Gasteiger partial charge in [-0.05, 0) is 18.9 Å². The fourth-order valence-electron chi connectivity index (χ4n) is 2.05. The lowest BCUT2D eigenvalue weighted by Crippen LogP contribution is -2.09. The molecule has 1 unspecified atom stereocenters. The van der Waals surface area contributed by atoms with Crippen LogP contribution >= 0.6 is 0 Å². The van der Waals surface area contributed by atoms with Gasteiger partial charge in [0.1, 0.15) is 0 Å². The maximum Gasteiger partial charge on any atom is 0.0997 e. The third-order valence-corrected chi connectivity index (χ3v) is 2.99. The van der Waals surface area contributed by atoms with Crippen LogP contribution in [0.25, 0.3) is 0 Å². The summed E-state index contributed by atoms with van der Waals surface area (Å²) in [6.45, 7) is 5.90. The summed E-state index contributed by atoms with van der Waals surface area (Å²) in [6, 6.07) is 0. The number of rotatable bonds is 6. The van der Waals surface area contributed by atoms with Gasteiger partial charge in [-0.25, -0.2) is 4.98 Å². The Bertz CT molecular complexity index is 489. The van der Waals surface area contributed by atoms with E-state index in [1.807, 2.05) is 28.6 Å². The van der Waals surface area contributed by atoms with E-state index in [1.165, 1.54) is 0 Å². The highest BCUT2D eigenvalue weighted by Crippen LogP contribution is 2.18. The van der Waals surface area contributed by atoms with Crippen LogP contribution in [0.5, 0.6) is 0 Å². The Morgan fingerprint density at radius 3 is 2.83 bits per heavy atom. The molecular weight excluding hydrogens is 228 g/mol. The molecule has 98 valence electrons. The molecule has 2 heterocycles. The molecule has 0 saturated heterocycles. The summed E-state index contributed by atoms with van der Waals surface area (Å²) in [6.07, 6.45) is 8.40. The zero-order valence-electron chi connectivity index (χ0n) is 11.0. The minimum Gasteiger partial charge on any atom is -0.386 e. The number of aliphatic hydroxyl groups is 1. The van der Waals surface area contributed by atoms with Crippen molar-refractivity contribution in [1.82, 2.24) is 19.3 Å². The molecule has 2 aromatic heterocycles. The normalized spacial score (nSPS) is 12.8. The smallest absolute Gasteiger partial charge is 0.0997 e. The molecule has 0 spiro atoms. The first kappa shape index (κ1) is 12.8. The van der Waals surface area contributed by atoms with Crippen molar-refractivity contribution in [2.24, 2.45) is 0 Å². The fourth-order valence-corrected chi connectivity index (χ4v) is 2.05.